The number of carbonyl (C=O) groups is 2. The molecule has 1 fully saturated rings. The molecule has 3 aromatic rings. The van der Waals surface area contributed by atoms with Crippen molar-refractivity contribution in [3.8, 4) is 0 Å². The molecule has 4 rings (SSSR count). The molecule has 2 amide bonds. The summed E-state index contributed by atoms with van der Waals surface area (Å²) in [5.74, 6) is 0.780. The first-order valence-electron chi connectivity index (χ1n) is 13.3. The second-order valence-corrected chi connectivity index (χ2v) is 10.5. The van der Waals surface area contributed by atoms with E-state index in [1.54, 1.807) is 11.3 Å². The second kappa shape index (κ2) is 12.0. The first-order valence-corrected chi connectivity index (χ1v) is 14.2. The lowest BCUT2D eigenvalue weighted by Gasteiger charge is -2.26. The normalized spacial score (nSPS) is 15.9. The van der Waals surface area contributed by atoms with Crippen LogP contribution in [0.2, 0.25) is 0 Å². The van der Waals surface area contributed by atoms with Gasteiger partial charge in [0, 0.05) is 42.0 Å². The van der Waals surface area contributed by atoms with E-state index in [1.165, 1.54) is 4.88 Å². The molecule has 7 nitrogen and oxygen atoms in total. The van der Waals surface area contributed by atoms with Crippen LogP contribution in [0.25, 0.3) is 11.0 Å². The first-order chi connectivity index (χ1) is 17.5. The third-order valence-electron chi connectivity index (χ3n) is 7.49. The Morgan fingerprint density at radius 1 is 1.17 bits per heavy atom. The number of aromatic nitrogens is 2. The zero-order valence-corrected chi connectivity index (χ0v) is 22.8. The average molecular weight is 510 g/mol. The highest BCUT2D eigenvalue weighted by Gasteiger charge is 2.29. The maximum absolute atomic E-state index is 12.9. The fourth-order valence-electron chi connectivity index (χ4n) is 5.42. The van der Waals surface area contributed by atoms with Crippen molar-refractivity contribution in [2.24, 2.45) is 0 Å². The monoisotopic (exact) mass is 509 g/mol. The molecule has 194 valence electrons. The predicted octanol–water partition coefficient (Wildman–Crippen LogP) is 4.72. The van der Waals surface area contributed by atoms with Crippen molar-refractivity contribution in [2.45, 2.75) is 65.5 Å². The van der Waals surface area contributed by atoms with E-state index < -0.39 is 0 Å². The van der Waals surface area contributed by atoms with Gasteiger partial charge in [-0.25, -0.2) is 4.98 Å². The number of hydrogen-bond acceptors (Lipinski definition) is 5. The van der Waals surface area contributed by atoms with Crippen LogP contribution in [0.5, 0.6) is 0 Å². The van der Waals surface area contributed by atoms with E-state index in [1.807, 2.05) is 23.1 Å². The van der Waals surface area contributed by atoms with Gasteiger partial charge in [0.15, 0.2) is 0 Å². The van der Waals surface area contributed by atoms with Gasteiger partial charge in [0.1, 0.15) is 5.82 Å². The molecule has 0 bridgehead atoms. The van der Waals surface area contributed by atoms with Crippen LogP contribution in [0.15, 0.2) is 35.7 Å². The topological polar surface area (TPSA) is 70.5 Å². The summed E-state index contributed by atoms with van der Waals surface area (Å²) in [5.41, 5.74) is 2.42. The van der Waals surface area contributed by atoms with Gasteiger partial charge >= 0.3 is 0 Å². The first kappa shape index (κ1) is 26.4. The summed E-state index contributed by atoms with van der Waals surface area (Å²) in [6, 6.07) is 10.7. The minimum absolute atomic E-state index is 0.0182. The van der Waals surface area contributed by atoms with Crippen molar-refractivity contribution in [3.63, 3.8) is 0 Å². The molecule has 1 N–H and O–H groups in total. The number of likely N-dealkylation sites (N-methyl/N-ethyl adjacent to an activating group) is 1. The molecule has 3 heterocycles. The Morgan fingerprint density at radius 2 is 1.94 bits per heavy atom. The molecule has 1 atom stereocenters. The highest BCUT2D eigenvalue weighted by atomic mass is 32.1. The number of imidazole rings is 1. The number of thiophene rings is 1. The number of benzene rings is 1. The quantitative estimate of drug-likeness (QED) is 0.406. The van der Waals surface area contributed by atoms with E-state index in [2.05, 4.69) is 60.0 Å². The third kappa shape index (κ3) is 5.65. The Morgan fingerprint density at radius 3 is 2.61 bits per heavy atom. The van der Waals surface area contributed by atoms with E-state index in [0.29, 0.717) is 17.6 Å². The van der Waals surface area contributed by atoms with E-state index >= 15 is 0 Å². The maximum Gasteiger partial charge on any atom is 0.251 e. The molecule has 1 aromatic carbocycles. The van der Waals surface area contributed by atoms with E-state index in [4.69, 9.17) is 4.98 Å². The summed E-state index contributed by atoms with van der Waals surface area (Å²) >= 11 is 1.74. The molecule has 0 spiro atoms. The fourth-order valence-corrected chi connectivity index (χ4v) is 6.12. The maximum atomic E-state index is 12.9. The summed E-state index contributed by atoms with van der Waals surface area (Å²) in [6.07, 6.45) is 3.82. The van der Waals surface area contributed by atoms with Gasteiger partial charge in [0.05, 0.1) is 17.6 Å². The van der Waals surface area contributed by atoms with Crippen LogP contribution in [-0.4, -0.2) is 69.9 Å². The zero-order valence-electron chi connectivity index (χ0n) is 22.0. The molecule has 0 aliphatic carbocycles. The number of nitrogens with one attached hydrogen (secondary N) is 1. The van der Waals surface area contributed by atoms with Crippen LogP contribution in [0.1, 0.15) is 74.1 Å². The Hall–Kier alpha value is -2.71. The van der Waals surface area contributed by atoms with Gasteiger partial charge in [-0.3, -0.25) is 14.5 Å². The highest BCUT2D eigenvalue weighted by molar-refractivity contribution is 7.09. The van der Waals surface area contributed by atoms with Crippen LogP contribution >= 0.6 is 11.3 Å². The Labute approximate surface area is 218 Å². The number of carbonyl (C=O) groups excluding carboxylic acids is 2. The van der Waals surface area contributed by atoms with Gasteiger partial charge in [-0.1, -0.05) is 33.8 Å². The van der Waals surface area contributed by atoms with Crippen molar-refractivity contribution in [1.82, 2.24) is 24.7 Å². The van der Waals surface area contributed by atoms with Crippen molar-refractivity contribution in [3.05, 3.63) is 52.0 Å². The summed E-state index contributed by atoms with van der Waals surface area (Å²) < 4.78 is 2.35. The highest BCUT2D eigenvalue weighted by Crippen LogP contribution is 2.28. The fraction of sp³-hybridized carbons (Fsp3) is 0.536. The van der Waals surface area contributed by atoms with Crippen LogP contribution in [-0.2, 0) is 11.2 Å². The van der Waals surface area contributed by atoms with E-state index in [-0.39, 0.29) is 18.4 Å². The number of nitrogens with zero attached hydrogens (tertiary/aromatic N) is 4. The largest absolute Gasteiger partial charge is 0.343 e. The molecular weight excluding hydrogens is 470 g/mol. The van der Waals surface area contributed by atoms with Crippen molar-refractivity contribution in [2.75, 3.05) is 32.7 Å². The summed E-state index contributed by atoms with van der Waals surface area (Å²) in [6.45, 7) is 12.2. The van der Waals surface area contributed by atoms with Crippen LogP contribution < -0.4 is 5.32 Å². The molecule has 8 heteroatoms. The smallest absolute Gasteiger partial charge is 0.251 e. The lowest BCUT2D eigenvalue weighted by Crippen LogP contribution is -2.42. The van der Waals surface area contributed by atoms with Crippen LogP contribution in [0, 0.1) is 0 Å². The number of hydrogen-bond donors (Lipinski definition) is 1. The van der Waals surface area contributed by atoms with Gasteiger partial charge in [-0.15, -0.1) is 11.3 Å². The van der Waals surface area contributed by atoms with Crippen molar-refractivity contribution < 1.29 is 9.59 Å². The zero-order chi connectivity index (χ0) is 25.7. The number of fused-ring (bicyclic) bond motifs is 1. The molecule has 36 heavy (non-hydrogen) atoms. The lowest BCUT2D eigenvalue weighted by atomic mass is 10.1. The molecule has 1 unspecified atom stereocenters. The van der Waals surface area contributed by atoms with E-state index in [0.717, 1.165) is 68.7 Å². The molecular formula is C28H39N5O2S. The number of likely N-dealkylation sites (tertiary alicyclic amines) is 1. The van der Waals surface area contributed by atoms with Crippen LogP contribution in [0.4, 0.5) is 0 Å². The lowest BCUT2D eigenvalue weighted by molar-refractivity contribution is -0.129. The number of rotatable bonds is 11. The van der Waals surface area contributed by atoms with Crippen molar-refractivity contribution >= 4 is 34.2 Å². The van der Waals surface area contributed by atoms with Gasteiger partial charge < -0.3 is 14.8 Å². The minimum atomic E-state index is -0.235. The number of amides is 2. The van der Waals surface area contributed by atoms with E-state index in [9.17, 15) is 9.59 Å². The average Bonchev–Trinajstić information content (AvgIpc) is 3.65. The van der Waals surface area contributed by atoms with Crippen molar-refractivity contribution in [1.29, 1.82) is 0 Å². The standard InChI is InChI=1S/C28H39N5O2S/c1-5-21(6-2)33-25-12-11-20(16-24(25)30-26(33)17-23-10-9-15-36-23)28(35)29-18-27(34)32-14-13-22(19-32)31(7-3)8-4/h9-12,15-16,21-22H,5-8,13-14,17-19H2,1-4H3,(H,29,35). The molecule has 1 aliphatic heterocycles. The Balaban J connectivity index is 1.46. The second-order valence-electron chi connectivity index (χ2n) is 9.51. The predicted molar refractivity (Wildman–Crippen MR) is 147 cm³/mol. The van der Waals surface area contributed by atoms with Gasteiger partial charge in [0.2, 0.25) is 5.91 Å². The minimum Gasteiger partial charge on any atom is -0.343 e. The van der Waals surface area contributed by atoms with Gasteiger partial charge in [-0.05, 0) is 62.0 Å². The third-order valence-corrected chi connectivity index (χ3v) is 8.37. The van der Waals surface area contributed by atoms with Crippen LogP contribution in [0.3, 0.4) is 0 Å². The summed E-state index contributed by atoms with van der Waals surface area (Å²) in [4.78, 5) is 36.2. The molecule has 0 radical (unpaired) electrons. The van der Waals surface area contributed by atoms with Gasteiger partial charge in [0.25, 0.3) is 5.91 Å². The summed E-state index contributed by atoms with van der Waals surface area (Å²) in [5, 5.41) is 4.93. The SMILES string of the molecule is CCC(CC)n1c(Cc2cccs2)nc2cc(C(=O)NCC(=O)N3CCC(N(CC)CC)C3)ccc21. The van der Waals surface area contributed by atoms with Gasteiger partial charge in [-0.2, -0.15) is 0 Å². The molecule has 2 aromatic heterocycles. The molecule has 0 saturated carbocycles. The Bertz CT molecular complexity index is 1160. The summed E-state index contributed by atoms with van der Waals surface area (Å²) in [7, 11) is 0. The molecule has 1 aliphatic rings. The molecule has 1 saturated heterocycles. The Kier molecular flexibility index (Phi) is 8.80.